The fourth-order valence-electron chi connectivity index (χ4n) is 1.64. The molecule has 0 aromatic heterocycles. The number of benzene rings is 1. The number of ether oxygens (including phenoxy) is 1. The number of hydrogen-bond acceptors (Lipinski definition) is 2. The third-order valence-corrected chi connectivity index (χ3v) is 2.83. The van der Waals surface area contributed by atoms with Crippen molar-refractivity contribution >= 4 is 15.9 Å². The van der Waals surface area contributed by atoms with Crippen LogP contribution in [-0.2, 0) is 4.74 Å². The molecule has 0 spiro atoms. The van der Waals surface area contributed by atoms with Crippen LogP contribution in [0.1, 0.15) is 31.9 Å². The molecule has 0 saturated heterocycles. The molecule has 1 unspecified atom stereocenters. The molecule has 0 fully saturated rings. The van der Waals surface area contributed by atoms with Gasteiger partial charge in [0.25, 0.3) is 0 Å². The van der Waals surface area contributed by atoms with E-state index in [1.54, 1.807) is 6.07 Å². The van der Waals surface area contributed by atoms with Gasteiger partial charge in [-0.1, -0.05) is 29.8 Å². The molecular formula is C13H19BrFNO. The molecule has 0 saturated carbocycles. The summed E-state index contributed by atoms with van der Waals surface area (Å²) >= 11 is 3.31. The molecule has 96 valence electrons. The predicted molar refractivity (Wildman–Crippen MR) is 71.6 cm³/mol. The second-order valence-electron chi connectivity index (χ2n) is 3.89. The Morgan fingerprint density at radius 1 is 1.35 bits per heavy atom. The Kier molecular flexibility index (Phi) is 6.70. The van der Waals surface area contributed by atoms with E-state index in [0.29, 0.717) is 6.61 Å². The van der Waals surface area contributed by atoms with Gasteiger partial charge >= 0.3 is 0 Å². The maximum atomic E-state index is 13.3. The van der Waals surface area contributed by atoms with Crippen molar-refractivity contribution in [1.82, 2.24) is 5.32 Å². The number of hydrogen-bond donors (Lipinski definition) is 1. The van der Waals surface area contributed by atoms with Crippen LogP contribution >= 0.6 is 15.9 Å². The lowest BCUT2D eigenvalue weighted by Crippen LogP contribution is -2.25. The van der Waals surface area contributed by atoms with E-state index in [0.717, 1.165) is 29.6 Å². The van der Waals surface area contributed by atoms with Crippen molar-refractivity contribution in [3.8, 4) is 0 Å². The smallest absolute Gasteiger partial charge is 0.124 e. The molecule has 0 bridgehead atoms. The van der Waals surface area contributed by atoms with E-state index < -0.39 is 0 Å². The molecule has 2 nitrogen and oxygen atoms in total. The number of rotatable bonds is 7. The molecule has 1 rings (SSSR count). The molecule has 0 aliphatic carbocycles. The summed E-state index contributed by atoms with van der Waals surface area (Å²) in [6.07, 6.45) is 0.992. The molecular weight excluding hydrogens is 285 g/mol. The molecule has 0 heterocycles. The first kappa shape index (κ1) is 14.6. The van der Waals surface area contributed by atoms with Crippen molar-refractivity contribution in [2.75, 3.05) is 19.8 Å². The maximum absolute atomic E-state index is 13.3. The number of likely N-dealkylation sites (N-methyl/N-ethyl adjacent to an activating group) is 1. The van der Waals surface area contributed by atoms with Crippen molar-refractivity contribution < 1.29 is 9.13 Å². The molecule has 17 heavy (non-hydrogen) atoms. The Morgan fingerprint density at radius 3 is 2.71 bits per heavy atom. The third kappa shape index (κ3) is 5.15. The maximum Gasteiger partial charge on any atom is 0.124 e. The third-order valence-electron chi connectivity index (χ3n) is 2.37. The van der Waals surface area contributed by atoms with E-state index in [4.69, 9.17) is 4.74 Å². The Labute approximate surface area is 111 Å². The van der Waals surface area contributed by atoms with Crippen molar-refractivity contribution in [2.45, 2.75) is 26.3 Å². The predicted octanol–water partition coefficient (Wildman–Crippen LogP) is 3.67. The van der Waals surface area contributed by atoms with Crippen molar-refractivity contribution in [1.29, 1.82) is 0 Å². The lowest BCUT2D eigenvalue weighted by molar-refractivity contribution is 0.112. The first-order valence-electron chi connectivity index (χ1n) is 5.94. The first-order valence-corrected chi connectivity index (χ1v) is 6.73. The standard InChI is InChI=1S/C13H19BrFNO/c1-3-5-17-9-13(16-4-2)10-6-11(14)8-12(15)7-10/h6-8,13,16H,3-5,9H2,1-2H3. The molecule has 0 aliphatic rings. The average Bonchev–Trinajstić information content (AvgIpc) is 2.27. The number of nitrogens with one attached hydrogen (secondary N) is 1. The highest BCUT2D eigenvalue weighted by Gasteiger charge is 2.12. The zero-order chi connectivity index (χ0) is 12.7. The first-order chi connectivity index (χ1) is 8.17. The minimum atomic E-state index is -0.229. The topological polar surface area (TPSA) is 21.3 Å². The quantitative estimate of drug-likeness (QED) is 0.776. The fourth-order valence-corrected chi connectivity index (χ4v) is 2.12. The van der Waals surface area contributed by atoms with Crippen molar-refractivity contribution in [3.05, 3.63) is 34.1 Å². The van der Waals surface area contributed by atoms with Gasteiger partial charge in [0.15, 0.2) is 0 Å². The summed E-state index contributed by atoms with van der Waals surface area (Å²) < 4.78 is 19.6. The van der Waals surface area contributed by atoms with E-state index in [9.17, 15) is 4.39 Å². The van der Waals surface area contributed by atoms with E-state index >= 15 is 0 Å². The van der Waals surface area contributed by atoms with E-state index in [2.05, 4.69) is 28.2 Å². The van der Waals surface area contributed by atoms with Gasteiger partial charge in [0.1, 0.15) is 5.82 Å². The van der Waals surface area contributed by atoms with Crippen LogP contribution in [0.3, 0.4) is 0 Å². The van der Waals surface area contributed by atoms with Crippen LogP contribution in [-0.4, -0.2) is 19.8 Å². The Bertz CT molecular complexity index is 326. The average molecular weight is 304 g/mol. The highest BCUT2D eigenvalue weighted by Crippen LogP contribution is 2.20. The van der Waals surface area contributed by atoms with Crippen LogP contribution in [0.15, 0.2) is 22.7 Å². The van der Waals surface area contributed by atoms with Gasteiger partial charge in [0.05, 0.1) is 12.6 Å². The van der Waals surface area contributed by atoms with Gasteiger partial charge in [0.2, 0.25) is 0 Å². The molecule has 4 heteroatoms. The monoisotopic (exact) mass is 303 g/mol. The van der Waals surface area contributed by atoms with E-state index in [-0.39, 0.29) is 11.9 Å². The molecule has 1 N–H and O–H groups in total. The second kappa shape index (κ2) is 7.80. The molecule has 1 aromatic carbocycles. The Morgan fingerprint density at radius 2 is 2.12 bits per heavy atom. The summed E-state index contributed by atoms with van der Waals surface area (Å²) in [4.78, 5) is 0. The van der Waals surface area contributed by atoms with Gasteiger partial charge in [-0.3, -0.25) is 0 Å². The van der Waals surface area contributed by atoms with Crippen molar-refractivity contribution in [3.63, 3.8) is 0 Å². The zero-order valence-electron chi connectivity index (χ0n) is 10.3. The molecule has 0 radical (unpaired) electrons. The summed E-state index contributed by atoms with van der Waals surface area (Å²) in [5.41, 5.74) is 0.912. The summed E-state index contributed by atoms with van der Waals surface area (Å²) in [6, 6.07) is 4.97. The largest absolute Gasteiger partial charge is 0.379 e. The molecule has 1 atom stereocenters. The highest BCUT2D eigenvalue weighted by atomic mass is 79.9. The molecule has 1 aromatic rings. The minimum absolute atomic E-state index is 0.0403. The van der Waals surface area contributed by atoms with Crippen LogP contribution in [0, 0.1) is 5.82 Å². The van der Waals surface area contributed by atoms with E-state index in [1.807, 2.05) is 13.0 Å². The lowest BCUT2D eigenvalue weighted by Gasteiger charge is -2.18. The zero-order valence-corrected chi connectivity index (χ0v) is 11.9. The Balaban J connectivity index is 2.73. The van der Waals surface area contributed by atoms with Crippen molar-refractivity contribution in [2.24, 2.45) is 0 Å². The van der Waals surface area contributed by atoms with E-state index in [1.165, 1.54) is 6.07 Å². The summed E-state index contributed by atoms with van der Waals surface area (Å²) in [5, 5.41) is 3.30. The number of halogens is 2. The summed E-state index contributed by atoms with van der Waals surface area (Å²) in [6.45, 7) is 6.23. The van der Waals surface area contributed by atoms with Crippen LogP contribution in [0.2, 0.25) is 0 Å². The fraction of sp³-hybridized carbons (Fsp3) is 0.538. The van der Waals surface area contributed by atoms with Gasteiger partial charge < -0.3 is 10.1 Å². The van der Waals surface area contributed by atoms with Gasteiger partial charge in [-0.15, -0.1) is 0 Å². The minimum Gasteiger partial charge on any atom is -0.379 e. The van der Waals surface area contributed by atoms with Gasteiger partial charge in [-0.25, -0.2) is 4.39 Å². The molecule has 0 aliphatic heterocycles. The van der Waals surface area contributed by atoms with Gasteiger partial charge in [-0.05, 0) is 36.7 Å². The van der Waals surface area contributed by atoms with Gasteiger partial charge in [-0.2, -0.15) is 0 Å². The lowest BCUT2D eigenvalue weighted by atomic mass is 10.1. The summed E-state index contributed by atoms with van der Waals surface area (Å²) in [7, 11) is 0. The highest BCUT2D eigenvalue weighted by molar-refractivity contribution is 9.10. The van der Waals surface area contributed by atoms with Crippen LogP contribution in [0.4, 0.5) is 4.39 Å². The van der Waals surface area contributed by atoms with Crippen LogP contribution in [0.5, 0.6) is 0 Å². The van der Waals surface area contributed by atoms with Crippen LogP contribution < -0.4 is 5.32 Å². The normalized spacial score (nSPS) is 12.7. The Hall–Kier alpha value is -0.450. The summed E-state index contributed by atoms with van der Waals surface area (Å²) in [5.74, 6) is -0.229. The van der Waals surface area contributed by atoms with Crippen LogP contribution in [0.25, 0.3) is 0 Å². The second-order valence-corrected chi connectivity index (χ2v) is 4.80. The SMILES string of the molecule is CCCOCC(NCC)c1cc(F)cc(Br)c1. The van der Waals surface area contributed by atoms with Gasteiger partial charge in [0, 0.05) is 11.1 Å². The molecule has 0 amide bonds.